The molecule has 0 aromatic rings. The lowest BCUT2D eigenvalue weighted by Gasteiger charge is -2.48. The van der Waals surface area contributed by atoms with E-state index in [0.717, 1.165) is 7.11 Å². The predicted molar refractivity (Wildman–Crippen MR) is 156 cm³/mol. The van der Waals surface area contributed by atoms with E-state index < -0.39 is 129 Å². The molecule has 2 aliphatic heterocycles. The van der Waals surface area contributed by atoms with Crippen LogP contribution in [0.3, 0.4) is 0 Å². The highest BCUT2D eigenvalue weighted by molar-refractivity contribution is 5.75. The summed E-state index contributed by atoms with van der Waals surface area (Å²) in [5, 5.41) is 104. The van der Waals surface area contributed by atoms with Gasteiger partial charge < -0.3 is 84.2 Å². The Morgan fingerprint density at radius 3 is 1.74 bits per heavy atom. The smallest absolute Gasteiger partial charge is 0.311 e. The summed E-state index contributed by atoms with van der Waals surface area (Å²) in [6, 6.07) is 0. The Labute approximate surface area is 273 Å². The molecule has 2 rings (SSSR count). The molecule has 0 spiro atoms. The molecule has 10 N–H and O–H groups in total. The van der Waals surface area contributed by atoms with Crippen LogP contribution in [-0.2, 0) is 38.0 Å². The van der Waals surface area contributed by atoms with E-state index in [-0.39, 0.29) is 6.42 Å². The highest BCUT2D eigenvalue weighted by Gasteiger charge is 2.54. The number of ether oxygens (including phenoxy) is 7. The minimum Gasteiger partial charge on any atom is -0.469 e. The fraction of sp³-hybridized carbons (Fsp3) is 0.966. The molecular weight excluding hydrogens is 636 g/mol. The molecule has 0 aliphatic carbocycles. The first kappa shape index (κ1) is 42.0. The highest BCUT2D eigenvalue weighted by Crippen LogP contribution is 2.37. The number of aliphatic hydroxyl groups is 10. The van der Waals surface area contributed by atoms with Crippen molar-refractivity contribution < 1.29 is 89.0 Å². The van der Waals surface area contributed by atoms with Crippen molar-refractivity contribution in [2.75, 3.05) is 34.0 Å². The molecule has 2 fully saturated rings. The first-order valence-electron chi connectivity index (χ1n) is 15.3. The standard InChI is InChI=1S/C29H54O18/c1-12(8-30)15(33)18(36)21(39)24(41-6)45-22-19(37)16(34)13(9-31)43-25(22)46-23-20(38)17(35)14(10-32)44-26(23)47-29(4,5)11-28(2,3)27(40)42-7/h12-26,30-39H,8-11H2,1-7H3. The van der Waals surface area contributed by atoms with E-state index in [1.165, 1.54) is 14.0 Å². The van der Waals surface area contributed by atoms with Crippen LogP contribution in [0.15, 0.2) is 0 Å². The number of rotatable bonds is 17. The monoisotopic (exact) mass is 690 g/mol. The maximum absolute atomic E-state index is 12.4. The Morgan fingerprint density at radius 1 is 0.766 bits per heavy atom. The number of aliphatic hydroxyl groups excluding tert-OH is 10. The van der Waals surface area contributed by atoms with E-state index in [1.54, 1.807) is 27.7 Å². The molecule has 2 saturated heterocycles. The molecule has 0 bridgehead atoms. The third-order valence-electron chi connectivity index (χ3n) is 8.35. The fourth-order valence-corrected chi connectivity index (χ4v) is 5.77. The minimum atomic E-state index is -1.99. The summed E-state index contributed by atoms with van der Waals surface area (Å²) in [4.78, 5) is 12.4. The zero-order chi connectivity index (χ0) is 36.0. The van der Waals surface area contributed by atoms with Crippen LogP contribution >= 0.6 is 0 Å². The van der Waals surface area contributed by atoms with Gasteiger partial charge in [-0.3, -0.25) is 4.79 Å². The third kappa shape index (κ3) is 10.2. The van der Waals surface area contributed by atoms with Crippen LogP contribution < -0.4 is 0 Å². The summed E-state index contributed by atoms with van der Waals surface area (Å²) >= 11 is 0. The van der Waals surface area contributed by atoms with Gasteiger partial charge in [-0.15, -0.1) is 0 Å². The summed E-state index contributed by atoms with van der Waals surface area (Å²) in [6.45, 7) is 5.77. The van der Waals surface area contributed by atoms with Crippen molar-refractivity contribution in [2.24, 2.45) is 11.3 Å². The molecule has 47 heavy (non-hydrogen) atoms. The van der Waals surface area contributed by atoms with E-state index in [4.69, 9.17) is 33.2 Å². The number of carbonyl (C=O) groups is 1. The fourth-order valence-electron chi connectivity index (χ4n) is 5.77. The van der Waals surface area contributed by atoms with Gasteiger partial charge in [-0.05, 0) is 34.1 Å². The minimum absolute atomic E-state index is 0.0569. The van der Waals surface area contributed by atoms with E-state index >= 15 is 0 Å². The van der Waals surface area contributed by atoms with Gasteiger partial charge in [0, 0.05) is 19.6 Å². The van der Waals surface area contributed by atoms with Crippen molar-refractivity contribution in [1.29, 1.82) is 0 Å². The van der Waals surface area contributed by atoms with Gasteiger partial charge in [0.25, 0.3) is 0 Å². The molecule has 0 amide bonds. The molecule has 2 heterocycles. The van der Waals surface area contributed by atoms with Gasteiger partial charge in [-0.25, -0.2) is 0 Å². The van der Waals surface area contributed by atoms with Gasteiger partial charge in [0.05, 0.1) is 37.4 Å². The zero-order valence-electron chi connectivity index (χ0n) is 27.7. The normalized spacial score (nSPS) is 35.5. The molecule has 18 nitrogen and oxygen atoms in total. The predicted octanol–water partition coefficient (Wildman–Crippen LogP) is -4.30. The van der Waals surface area contributed by atoms with E-state index in [2.05, 4.69) is 0 Å². The SMILES string of the molecule is COC(=O)C(C)(C)CC(C)(C)OC1OC(CO)C(O)C(O)C1OC1OC(CO)C(O)C(O)C1OC(OC)C(O)C(O)C(O)C(C)CO. The van der Waals surface area contributed by atoms with E-state index in [0.29, 0.717) is 0 Å². The topological polar surface area (TPSA) is 284 Å². The van der Waals surface area contributed by atoms with Crippen molar-refractivity contribution in [3.05, 3.63) is 0 Å². The zero-order valence-corrected chi connectivity index (χ0v) is 27.7. The molecule has 15 unspecified atom stereocenters. The average molecular weight is 691 g/mol. The van der Waals surface area contributed by atoms with Crippen molar-refractivity contribution in [2.45, 2.75) is 133 Å². The molecule has 0 radical (unpaired) electrons. The summed E-state index contributed by atoms with van der Waals surface area (Å²) < 4.78 is 39.2. The number of methoxy groups -OCH3 is 2. The average Bonchev–Trinajstić information content (AvgIpc) is 3.02. The number of hydrogen-bond acceptors (Lipinski definition) is 18. The maximum Gasteiger partial charge on any atom is 0.311 e. The van der Waals surface area contributed by atoms with Crippen LogP contribution in [-0.4, -0.2) is 183 Å². The first-order chi connectivity index (χ1) is 21.8. The van der Waals surface area contributed by atoms with Crippen LogP contribution in [0.5, 0.6) is 0 Å². The second-order valence-corrected chi connectivity index (χ2v) is 13.3. The number of carbonyl (C=O) groups excluding carboxylic acids is 1. The van der Waals surface area contributed by atoms with Crippen molar-refractivity contribution in [3.8, 4) is 0 Å². The Bertz CT molecular complexity index is 952. The quantitative estimate of drug-likeness (QED) is 0.0510. The molecule has 0 aromatic carbocycles. The lowest BCUT2D eigenvalue weighted by atomic mass is 9.81. The summed E-state index contributed by atoms with van der Waals surface area (Å²) in [5.74, 6) is -1.41. The van der Waals surface area contributed by atoms with Crippen LogP contribution in [0.1, 0.15) is 41.0 Å². The molecule has 2 aliphatic rings. The third-order valence-corrected chi connectivity index (χ3v) is 8.35. The Kier molecular flexibility index (Phi) is 15.8. The molecule has 0 aromatic heterocycles. The van der Waals surface area contributed by atoms with Crippen LogP contribution in [0.2, 0.25) is 0 Å². The molecule has 15 atom stereocenters. The van der Waals surface area contributed by atoms with E-state index in [9.17, 15) is 55.9 Å². The van der Waals surface area contributed by atoms with Gasteiger partial charge in [0.1, 0.15) is 61.0 Å². The van der Waals surface area contributed by atoms with Crippen molar-refractivity contribution in [3.63, 3.8) is 0 Å². The van der Waals surface area contributed by atoms with Gasteiger partial charge >= 0.3 is 5.97 Å². The van der Waals surface area contributed by atoms with Crippen LogP contribution in [0.25, 0.3) is 0 Å². The van der Waals surface area contributed by atoms with Crippen LogP contribution in [0.4, 0.5) is 0 Å². The lowest BCUT2D eigenvalue weighted by molar-refractivity contribution is -0.391. The highest BCUT2D eigenvalue weighted by atomic mass is 16.8. The van der Waals surface area contributed by atoms with Crippen molar-refractivity contribution in [1.82, 2.24) is 0 Å². The van der Waals surface area contributed by atoms with Crippen LogP contribution in [0, 0.1) is 11.3 Å². The second kappa shape index (κ2) is 17.7. The number of esters is 1. The number of hydrogen-bond donors (Lipinski definition) is 10. The van der Waals surface area contributed by atoms with Gasteiger partial charge in [0.2, 0.25) is 0 Å². The molecule has 18 heteroatoms. The Balaban J connectivity index is 2.44. The van der Waals surface area contributed by atoms with Crippen molar-refractivity contribution >= 4 is 5.97 Å². The Morgan fingerprint density at radius 2 is 1.28 bits per heavy atom. The molecule has 278 valence electrons. The lowest BCUT2D eigenvalue weighted by Crippen LogP contribution is -2.66. The summed E-state index contributed by atoms with van der Waals surface area (Å²) in [6.07, 6.45) is -24.3. The summed E-state index contributed by atoms with van der Waals surface area (Å²) in [7, 11) is 2.29. The molecular formula is C29H54O18. The summed E-state index contributed by atoms with van der Waals surface area (Å²) in [5.41, 5.74) is -2.26. The first-order valence-corrected chi connectivity index (χ1v) is 15.3. The largest absolute Gasteiger partial charge is 0.469 e. The van der Waals surface area contributed by atoms with Gasteiger partial charge in [0.15, 0.2) is 18.9 Å². The van der Waals surface area contributed by atoms with Gasteiger partial charge in [-0.2, -0.15) is 0 Å². The van der Waals surface area contributed by atoms with Gasteiger partial charge in [-0.1, -0.05) is 6.92 Å². The second-order valence-electron chi connectivity index (χ2n) is 13.3. The Hall–Kier alpha value is -1.17. The maximum atomic E-state index is 12.4. The molecule has 0 saturated carbocycles. The van der Waals surface area contributed by atoms with E-state index in [1.807, 2.05) is 0 Å².